The molecule has 1 unspecified atom stereocenters. The van der Waals surface area contributed by atoms with Crippen LogP contribution in [-0.2, 0) is 17.9 Å². The Balaban J connectivity index is 1.45. The average Bonchev–Trinajstić information content (AvgIpc) is 3.24. The molecule has 7 heteroatoms. The number of hydrogen-bond acceptors (Lipinski definition) is 5. The first kappa shape index (κ1) is 16.8. The van der Waals surface area contributed by atoms with Crippen molar-refractivity contribution in [1.29, 1.82) is 0 Å². The normalized spacial score (nSPS) is 18.4. The smallest absolute Gasteiger partial charge is 0.246 e. The van der Waals surface area contributed by atoms with Crippen molar-refractivity contribution in [1.82, 2.24) is 25.3 Å². The maximum Gasteiger partial charge on any atom is 0.246 e. The summed E-state index contributed by atoms with van der Waals surface area (Å²) in [6, 6.07) is 8.09. The van der Waals surface area contributed by atoms with E-state index in [0.717, 1.165) is 31.3 Å². The highest BCUT2D eigenvalue weighted by Gasteiger charge is 2.27. The number of nitrogens with one attached hydrogen (secondary N) is 2. The maximum atomic E-state index is 13.0. The Hall–Kier alpha value is -2.67. The lowest BCUT2D eigenvalue weighted by Crippen LogP contribution is -2.44. The van der Waals surface area contributed by atoms with Crippen LogP contribution in [0, 0.1) is 6.92 Å². The molecule has 1 aliphatic heterocycles. The predicted molar refractivity (Wildman–Crippen MR) is 97.2 cm³/mol. The molecule has 3 heterocycles. The lowest BCUT2D eigenvalue weighted by atomic mass is 10.1. The van der Waals surface area contributed by atoms with Gasteiger partial charge in [0.25, 0.3) is 0 Å². The molecule has 1 aromatic carbocycles. The Kier molecular flexibility index (Phi) is 4.71. The van der Waals surface area contributed by atoms with Crippen molar-refractivity contribution in [2.75, 3.05) is 6.54 Å². The predicted octanol–water partition coefficient (Wildman–Crippen LogP) is 2.53. The highest BCUT2D eigenvalue weighted by molar-refractivity contribution is 5.83. The van der Waals surface area contributed by atoms with E-state index in [1.165, 1.54) is 10.9 Å². The van der Waals surface area contributed by atoms with Crippen LogP contribution in [0.2, 0.25) is 0 Å². The van der Waals surface area contributed by atoms with E-state index in [9.17, 15) is 4.79 Å². The van der Waals surface area contributed by atoms with E-state index in [-0.39, 0.29) is 11.9 Å². The molecule has 0 radical (unpaired) electrons. The monoisotopic (exact) mass is 353 g/mol. The summed E-state index contributed by atoms with van der Waals surface area (Å²) in [4.78, 5) is 22.3. The number of aromatic nitrogens is 3. The molecule has 1 saturated heterocycles. The number of aryl methyl sites for hydroxylation is 1. The quantitative estimate of drug-likeness (QED) is 0.736. The highest BCUT2D eigenvalue weighted by atomic mass is 16.5. The zero-order valence-electron chi connectivity index (χ0n) is 14.9. The molecule has 0 saturated carbocycles. The fourth-order valence-corrected chi connectivity index (χ4v) is 3.55. The summed E-state index contributed by atoms with van der Waals surface area (Å²) in [6.45, 7) is 3.54. The minimum atomic E-state index is -0.188. The zero-order chi connectivity index (χ0) is 17.9. The first-order chi connectivity index (χ1) is 12.7. The summed E-state index contributed by atoms with van der Waals surface area (Å²) in [5.41, 5.74) is 2.29. The number of benzene rings is 1. The number of amides is 1. The second kappa shape index (κ2) is 7.29. The third-order valence-electron chi connectivity index (χ3n) is 4.89. The number of fused-ring (bicyclic) bond motifs is 1. The average molecular weight is 353 g/mol. The third-order valence-corrected chi connectivity index (χ3v) is 4.89. The van der Waals surface area contributed by atoms with Gasteiger partial charge in [0.2, 0.25) is 11.8 Å². The first-order valence-corrected chi connectivity index (χ1v) is 9.07. The molecule has 7 nitrogen and oxygen atoms in total. The molecule has 1 atom stereocenters. The number of nitrogens with zero attached hydrogens (tertiary/aromatic N) is 3. The number of carbonyl (C=O) groups excluding carboxylic acids is 1. The molecule has 136 valence electrons. The van der Waals surface area contributed by atoms with Crippen molar-refractivity contribution in [2.24, 2.45) is 0 Å². The SMILES string of the molecule is Cc1noc(CN2CCCCC(NCc3cccc4cc[nH]c34)C2=O)n1. The van der Waals surface area contributed by atoms with Crippen LogP contribution in [0.1, 0.15) is 36.5 Å². The van der Waals surface area contributed by atoms with Gasteiger partial charge in [-0.25, -0.2) is 0 Å². The van der Waals surface area contributed by atoms with E-state index in [1.54, 1.807) is 6.92 Å². The fourth-order valence-electron chi connectivity index (χ4n) is 3.55. The minimum absolute atomic E-state index is 0.108. The molecular weight excluding hydrogens is 330 g/mol. The Bertz CT molecular complexity index is 900. The minimum Gasteiger partial charge on any atom is -0.361 e. The molecule has 1 amide bonds. The van der Waals surface area contributed by atoms with Gasteiger partial charge in [0.05, 0.1) is 6.04 Å². The Labute approximate surface area is 151 Å². The fraction of sp³-hybridized carbons (Fsp3) is 0.421. The largest absolute Gasteiger partial charge is 0.361 e. The molecule has 1 aliphatic rings. The molecule has 0 bridgehead atoms. The number of H-pyrrole nitrogens is 1. The van der Waals surface area contributed by atoms with E-state index in [0.29, 0.717) is 24.8 Å². The lowest BCUT2D eigenvalue weighted by molar-refractivity contribution is -0.133. The molecule has 1 fully saturated rings. The van der Waals surface area contributed by atoms with Crippen LogP contribution in [-0.4, -0.2) is 38.5 Å². The van der Waals surface area contributed by atoms with Gasteiger partial charge in [-0.1, -0.05) is 23.4 Å². The van der Waals surface area contributed by atoms with Gasteiger partial charge in [0, 0.05) is 24.8 Å². The molecule has 2 aromatic heterocycles. The Morgan fingerprint density at radius 2 is 2.27 bits per heavy atom. The Morgan fingerprint density at radius 3 is 3.12 bits per heavy atom. The Morgan fingerprint density at radius 1 is 1.35 bits per heavy atom. The zero-order valence-corrected chi connectivity index (χ0v) is 14.9. The van der Waals surface area contributed by atoms with Crippen LogP contribution in [0.5, 0.6) is 0 Å². The highest BCUT2D eigenvalue weighted by Crippen LogP contribution is 2.19. The molecule has 4 rings (SSSR count). The number of aromatic amines is 1. The van der Waals surface area contributed by atoms with Crippen molar-refractivity contribution in [3.63, 3.8) is 0 Å². The van der Waals surface area contributed by atoms with Crippen LogP contribution in [0.4, 0.5) is 0 Å². The third kappa shape index (κ3) is 3.48. The molecule has 26 heavy (non-hydrogen) atoms. The van der Waals surface area contributed by atoms with Gasteiger partial charge in [0.15, 0.2) is 5.82 Å². The summed E-state index contributed by atoms with van der Waals surface area (Å²) in [5.74, 6) is 1.20. The summed E-state index contributed by atoms with van der Waals surface area (Å²) in [6.07, 6.45) is 4.80. The number of rotatable bonds is 5. The number of carbonyl (C=O) groups is 1. The molecule has 2 N–H and O–H groups in total. The van der Waals surface area contributed by atoms with E-state index in [2.05, 4.69) is 38.6 Å². The summed E-state index contributed by atoms with van der Waals surface area (Å²) >= 11 is 0. The van der Waals surface area contributed by atoms with Crippen LogP contribution in [0.3, 0.4) is 0 Å². The van der Waals surface area contributed by atoms with Crippen molar-refractivity contribution in [3.8, 4) is 0 Å². The van der Waals surface area contributed by atoms with Crippen molar-refractivity contribution >= 4 is 16.8 Å². The lowest BCUT2D eigenvalue weighted by Gasteiger charge is -2.23. The van der Waals surface area contributed by atoms with Gasteiger partial charge in [-0.05, 0) is 43.2 Å². The second-order valence-electron chi connectivity index (χ2n) is 6.78. The summed E-state index contributed by atoms with van der Waals surface area (Å²) in [5, 5.41) is 8.44. The van der Waals surface area contributed by atoms with Crippen LogP contribution in [0.25, 0.3) is 10.9 Å². The molecule has 3 aromatic rings. The van der Waals surface area contributed by atoms with Gasteiger partial charge in [0.1, 0.15) is 6.54 Å². The number of para-hydroxylation sites is 1. The number of hydrogen-bond donors (Lipinski definition) is 2. The summed E-state index contributed by atoms with van der Waals surface area (Å²) < 4.78 is 5.18. The molecular formula is C19H23N5O2. The van der Waals surface area contributed by atoms with E-state index < -0.39 is 0 Å². The molecule has 0 spiro atoms. The van der Waals surface area contributed by atoms with Crippen LogP contribution >= 0.6 is 0 Å². The molecule has 0 aliphatic carbocycles. The van der Waals surface area contributed by atoms with Gasteiger partial charge in [-0.2, -0.15) is 4.98 Å². The van der Waals surface area contributed by atoms with Gasteiger partial charge < -0.3 is 19.7 Å². The van der Waals surface area contributed by atoms with Crippen LogP contribution < -0.4 is 5.32 Å². The van der Waals surface area contributed by atoms with Crippen molar-refractivity contribution in [3.05, 3.63) is 47.7 Å². The van der Waals surface area contributed by atoms with Crippen molar-refractivity contribution in [2.45, 2.75) is 45.3 Å². The van der Waals surface area contributed by atoms with Gasteiger partial charge in [-0.15, -0.1) is 0 Å². The van der Waals surface area contributed by atoms with Gasteiger partial charge in [-0.3, -0.25) is 4.79 Å². The van der Waals surface area contributed by atoms with Crippen molar-refractivity contribution < 1.29 is 9.32 Å². The summed E-state index contributed by atoms with van der Waals surface area (Å²) in [7, 11) is 0. The maximum absolute atomic E-state index is 13.0. The number of likely N-dealkylation sites (tertiary alicyclic amines) is 1. The van der Waals surface area contributed by atoms with Gasteiger partial charge >= 0.3 is 0 Å². The first-order valence-electron chi connectivity index (χ1n) is 9.07. The van der Waals surface area contributed by atoms with E-state index in [4.69, 9.17) is 4.52 Å². The second-order valence-corrected chi connectivity index (χ2v) is 6.78. The van der Waals surface area contributed by atoms with E-state index in [1.807, 2.05) is 17.2 Å². The van der Waals surface area contributed by atoms with Crippen LogP contribution in [0.15, 0.2) is 35.0 Å². The topological polar surface area (TPSA) is 87.0 Å². The standard InChI is InChI=1S/C19H23N5O2/c1-13-22-17(26-23-13)12-24-10-3-2-7-16(19(24)25)21-11-15-6-4-5-14-8-9-20-18(14)15/h4-6,8-9,16,20-21H,2-3,7,10-12H2,1H3. The van der Waals surface area contributed by atoms with E-state index >= 15 is 0 Å².